The number of rotatable bonds is 36. The molecule has 9 rings (SSSR count). The van der Waals surface area contributed by atoms with Crippen LogP contribution in [0.25, 0.3) is 33.4 Å². The molecule has 0 radical (unpaired) electrons. The van der Waals surface area contributed by atoms with Gasteiger partial charge >= 0.3 is 5.97 Å². The monoisotopic (exact) mass is 1680 g/mol. The summed E-state index contributed by atoms with van der Waals surface area (Å²) in [6.45, 7) is 15.8. The Balaban J connectivity index is 0.624. The quantitative estimate of drug-likeness (QED) is 0.00872. The highest BCUT2D eigenvalue weighted by atomic mass is 16.6. The second kappa shape index (κ2) is 48.3. The fraction of sp³-hybridized carbons (Fsp3) is 0.663. The highest BCUT2D eigenvalue weighted by Crippen LogP contribution is 2.39. The number of unbranched alkanes of at least 4 members (excludes halogenated alkanes) is 2. The second-order valence-corrected chi connectivity index (χ2v) is 32.3. The highest BCUT2D eigenvalue weighted by Gasteiger charge is 2.53. The number of nitrogen functional groups attached to an aromatic ring is 2. The van der Waals surface area contributed by atoms with Gasteiger partial charge in [0, 0.05) is 108 Å². The van der Waals surface area contributed by atoms with Crippen molar-refractivity contribution in [3.05, 3.63) is 84.0 Å². The number of esters is 1. The third-order valence-corrected chi connectivity index (χ3v) is 23.0. The third-order valence-electron chi connectivity index (χ3n) is 23.0. The fourth-order valence-corrected chi connectivity index (χ4v) is 15.9. The Morgan fingerprint density at radius 3 is 2.23 bits per heavy atom. The first-order valence-electron chi connectivity index (χ1n) is 42.6. The van der Waals surface area contributed by atoms with Gasteiger partial charge in [0.25, 0.3) is 17.7 Å². The molecule has 3 aliphatic heterocycles. The van der Waals surface area contributed by atoms with E-state index >= 15 is 0 Å². The fourth-order valence-electron chi connectivity index (χ4n) is 15.9. The maximum absolute atomic E-state index is 14.7. The zero-order chi connectivity index (χ0) is 86.3. The molecule has 11 N–H and O–H groups in total. The Hall–Kier alpha value is -8.65. The van der Waals surface area contributed by atoms with Crippen LogP contribution in [-0.2, 0) is 95.7 Å². The molecule has 7 heterocycles. The number of aliphatic hydroxyl groups is 3. The van der Waals surface area contributed by atoms with Gasteiger partial charge in [0.2, 0.25) is 17.6 Å². The molecule has 120 heavy (non-hydrogen) atoms. The number of aryl methyl sites for hydroxylation is 2. The number of benzene rings is 1. The molecular formula is C86H128N14O20. The number of aliphatic hydroxyl groups excluding tert-OH is 2. The van der Waals surface area contributed by atoms with Crippen molar-refractivity contribution in [1.82, 2.24) is 55.3 Å². The van der Waals surface area contributed by atoms with Crippen molar-refractivity contribution in [2.75, 3.05) is 105 Å². The Morgan fingerprint density at radius 1 is 0.750 bits per heavy atom. The van der Waals surface area contributed by atoms with E-state index in [0.717, 1.165) is 34.6 Å². The predicted octanol–water partition coefficient (Wildman–Crippen LogP) is 6.92. The number of carbonyl (C=O) groups excluding carboxylic acids is 7. The Kier molecular flexibility index (Phi) is 38.3. The molecule has 2 bridgehead atoms. The number of hydrogen-bond acceptors (Lipinski definition) is 29. The molecule has 3 fully saturated rings. The van der Waals surface area contributed by atoms with E-state index in [-0.39, 0.29) is 86.1 Å². The Bertz CT molecular complexity index is 4260. The number of aromatic nitrogens is 8. The third kappa shape index (κ3) is 28.2. The van der Waals surface area contributed by atoms with E-state index in [1.165, 1.54) is 19.3 Å². The molecule has 34 heteroatoms. The van der Waals surface area contributed by atoms with Crippen LogP contribution >= 0.6 is 0 Å². The number of fused-ring (bicyclic) bond motifs is 5. The molecule has 1 aliphatic carbocycles. The van der Waals surface area contributed by atoms with Crippen LogP contribution in [0.4, 0.5) is 11.8 Å². The molecule has 1 saturated carbocycles. The number of nitrogens with two attached hydrogens (primary N) is 3. The molecule has 2 saturated heterocycles. The first kappa shape index (κ1) is 95.2. The van der Waals surface area contributed by atoms with Crippen LogP contribution in [-0.4, -0.2) is 255 Å². The van der Waals surface area contributed by atoms with Crippen molar-refractivity contribution in [3.63, 3.8) is 0 Å². The van der Waals surface area contributed by atoms with Crippen molar-refractivity contribution >= 4 is 75.0 Å². The van der Waals surface area contributed by atoms with Crippen molar-refractivity contribution in [1.29, 1.82) is 0 Å². The smallest absolute Gasteiger partial charge is 0.329 e. The lowest BCUT2D eigenvalue weighted by atomic mass is 9.80. The van der Waals surface area contributed by atoms with Crippen LogP contribution < -0.4 is 27.8 Å². The van der Waals surface area contributed by atoms with E-state index in [2.05, 4.69) is 35.9 Å². The number of anilines is 2. The van der Waals surface area contributed by atoms with E-state index in [1.807, 2.05) is 62.6 Å². The first-order valence-corrected chi connectivity index (χ1v) is 42.6. The Labute approximate surface area is 702 Å². The van der Waals surface area contributed by atoms with Gasteiger partial charge in [0.15, 0.2) is 17.0 Å². The summed E-state index contributed by atoms with van der Waals surface area (Å²) in [5.41, 5.74) is 24.1. The van der Waals surface area contributed by atoms with Crippen molar-refractivity contribution < 1.29 is 95.9 Å². The van der Waals surface area contributed by atoms with Crippen LogP contribution in [0.2, 0.25) is 0 Å². The molecule has 1 aromatic carbocycles. The van der Waals surface area contributed by atoms with Gasteiger partial charge < -0.3 is 95.1 Å². The number of allylic oxidation sites excluding steroid dienone is 6. The van der Waals surface area contributed by atoms with Gasteiger partial charge in [0.05, 0.1) is 94.9 Å². The van der Waals surface area contributed by atoms with Crippen LogP contribution in [0, 0.1) is 29.6 Å². The molecule has 3 amide bonds. The number of ether oxygens (including phenoxy) is 9. The number of nitrogens with one attached hydrogen (secondary N) is 2. The van der Waals surface area contributed by atoms with Crippen LogP contribution in [0.5, 0.6) is 0 Å². The zero-order valence-corrected chi connectivity index (χ0v) is 71.0. The summed E-state index contributed by atoms with van der Waals surface area (Å²) in [6, 6.07) is 3.40. The lowest BCUT2D eigenvalue weighted by Gasteiger charge is -2.42. The van der Waals surface area contributed by atoms with E-state index < -0.39 is 95.4 Å². The lowest BCUT2D eigenvalue weighted by molar-refractivity contribution is -0.265. The molecular weight excluding hydrogens is 1550 g/mol. The second-order valence-electron chi connectivity index (χ2n) is 32.3. The van der Waals surface area contributed by atoms with Gasteiger partial charge in [-0.1, -0.05) is 69.4 Å². The van der Waals surface area contributed by atoms with Gasteiger partial charge in [-0.25, -0.2) is 24.1 Å². The number of hydrogen-bond donors (Lipinski definition) is 8. The number of methoxy groups -OCH3 is 2. The topological polar surface area (TPSA) is 469 Å². The first-order chi connectivity index (χ1) is 57.7. The van der Waals surface area contributed by atoms with Crippen LogP contribution in [0.1, 0.15) is 169 Å². The number of piperidine rings is 1. The minimum Gasteiger partial charge on any atom is -0.459 e. The van der Waals surface area contributed by atoms with E-state index in [0.29, 0.717) is 203 Å². The largest absolute Gasteiger partial charge is 0.459 e. The number of cyclic esters (lactones) is 1. The number of amides is 3. The maximum atomic E-state index is 14.7. The molecule has 662 valence electrons. The SMILES string of the molecule is CO[C@H]1C[C@@H]2CC[C@@H](C)[C@@](O)(O2)C(=O)C(=O)N2CCCC[C@H]2C(=O)O[C@H]([C@H](N)C[C@@H]2CC[C@@H](OCCCCc3cn(CCOCCOCCOCCOCCNC(=O)CCCC(=O)NCCCCn4nc(-c5ccc6oc(N)nc6c5)c5c(N)ncnc54)nn3)[C@H](OC)C2)CC(=O)[C@H](C)/C=C(\C)[C@@H](O)[C@@H](O)C(=O)[C@H](C)C[C@H](C)/C=C/C=C/C=C/1C. The van der Waals surface area contributed by atoms with Crippen LogP contribution in [0.15, 0.2) is 82.7 Å². The summed E-state index contributed by atoms with van der Waals surface area (Å²) in [7, 11) is 3.20. The summed E-state index contributed by atoms with van der Waals surface area (Å²) >= 11 is 0. The lowest BCUT2D eigenvalue weighted by Crippen LogP contribution is -2.61. The highest BCUT2D eigenvalue weighted by molar-refractivity contribution is 6.39. The molecule has 5 aromatic rings. The number of carbonyl (C=O) groups is 7. The number of nitrogens with zero attached hydrogens (tertiary/aromatic N) is 9. The average molecular weight is 1680 g/mol. The standard InChI is InChI=1S/C86H128N14O20/c1-54-19-10-9-11-20-55(2)70(111-7)50-63-28-25-59(6)86(110,120-63)80(107)83(108)99-33-15-12-22-66(99)84(109)118-71(51-67(101)56(3)46-58(5)78(105)79(106)77(104)57(4)45-54)64(87)47-60-26-29-69(72(48-60)112-8)117-36-17-13-21-62-52-98(97-95-62)35-38-114-40-42-116-44-43-115-41-39-113-37-32-91-74(103)24-18-23-73(102)90-31-14-16-34-100-82-75(81(88)92-53-93-82)76(96-100)61-27-30-68-65(49-61)94-85(89)119-68/h9-11,19-20,27,30,46,49,52-54,56-57,59-60,63-64,66,69-72,78-79,105-106,110H,12-18,21-26,28-29,31-45,47-48,50-51,87H2,1-8H3,(H2,89,94)(H,90,102)(H,91,103)(H2,88,92,93)/b11-9+,19-10+,55-20+,58-46+/t54-,56-,57-,59-,60+,63+,64-,66+,69-,70+,71+,72-,78-,79+,86-/m1/s1. The predicted molar refractivity (Wildman–Crippen MR) is 445 cm³/mol. The molecule has 4 aliphatic rings. The molecule has 0 unspecified atom stereocenters. The summed E-state index contributed by atoms with van der Waals surface area (Å²) in [6.07, 6.45) is 17.1. The normalized spacial score (nSPS) is 27.3. The number of Topliss-reactive ketones (excluding diaryl/α,β-unsaturated/α-hetero) is 3. The summed E-state index contributed by atoms with van der Waals surface area (Å²) in [5.74, 6) is -8.89. The van der Waals surface area contributed by atoms with Gasteiger partial charge in [0.1, 0.15) is 53.5 Å². The molecule has 15 atom stereocenters. The van der Waals surface area contributed by atoms with Crippen molar-refractivity contribution in [2.45, 2.75) is 244 Å². The summed E-state index contributed by atoms with van der Waals surface area (Å²) < 4.78 is 62.4. The van der Waals surface area contributed by atoms with Crippen molar-refractivity contribution in [2.24, 2.45) is 35.3 Å². The summed E-state index contributed by atoms with van der Waals surface area (Å²) in [4.78, 5) is 110. The van der Waals surface area contributed by atoms with Gasteiger partial charge in [-0.3, -0.25) is 28.8 Å². The Morgan fingerprint density at radius 2 is 1.48 bits per heavy atom. The molecule has 4 aromatic heterocycles. The number of ketones is 3. The van der Waals surface area contributed by atoms with Gasteiger partial charge in [-0.2, -0.15) is 10.1 Å². The number of oxazole rings is 1. The minimum absolute atomic E-state index is 0.0233. The van der Waals surface area contributed by atoms with Crippen molar-refractivity contribution in [3.8, 4) is 11.3 Å². The summed E-state index contributed by atoms with van der Waals surface area (Å²) in [5, 5.41) is 54.4. The zero-order valence-electron chi connectivity index (χ0n) is 71.0. The maximum Gasteiger partial charge on any atom is 0.329 e. The van der Waals surface area contributed by atoms with E-state index in [9.17, 15) is 48.9 Å². The average Bonchev–Trinajstić information content (AvgIpc) is 1.50. The van der Waals surface area contributed by atoms with Crippen LogP contribution in [0.3, 0.4) is 0 Å². The van der Waals surface area contributed by atoms with E-state index in [1.54, 1.807) is 50.4 Å². The minimum atomic E-state index is -2.49. The van der Waals surface area contributed by atoms with Gasteiger partial charge in [-0.05, 0) is 158 Å². The molecule has 0 spiro atoms. The van der Waals surface area contributed by atoms with Gasteiger partial charge in [-0.15, -0.1) is 5.10 Å². The molecule has 34 nitrogen and oxygen atoms in total. The van der Waals surface area contributed by atoms with E-state index in [4.69, 9.17) is 69.3 Å².